The molecule has 0 N–H and O–H groups in total. The van der Waals surface area contributed by atoms with Gasteiger partial charge in [-0.15, -0.1) is 0 Å². The zero-order valence-electron chi connectivity index (χ0n) is 10.9. The summed E-state index contributed by atoms with van der Waals surface area (Å²) in [7, 11) is 0. The molecule has 0 fully saturated rings. The van der Waals surface area contributed by atoms with E-state index in [9.17, 15) is 30.7 Å². The molecule has 0 atom stereocenters. The van der Waals surface area contributed by atoms with Gasteiger partial charge >= 0.3 is 6.11 Å². The van der Waals surface area contributed by atoms with Gasteiger partial charge in [-0.05, 0) is 17.7 Å². The van der Waals surface area contributed by atoms with E-state index in [2.05, 4.69) is 4.74 Å². The highest BCUT2D eigenvalue weighted by Crippen LogP contribution is 2.33. The van der Waals surface area contributed by atoms with Crippen LogP contribution in [0, 0.1) is 29.1 Å². The zero-order chi connectivity index (χ0) is 16.7. The van der Waals surface area contributed by atoms with Gasteiger partial charge in [0.15, 0.2) is 17.5 Å². The molecule has 0 saturated carbocycles. The quantitative estimate of drug-likeness (QED) is 0.568. The Balaban J connectivity index is 2.53. The Kier molecular flexibility index (Phi) is 4.04. The molecule has 0 radical (unpaired) electrons. The van der Waals surface area contributed by atoms with Gasteiger partial charge in [-0.2, -0.15) is 8.78 Å². The van der Waals surface area contributed by atoms with Crippen LogP contribution >= 0.6 is 0 Å². The Morgan fingerprint density at radius 2 is 1.23 bits per heavy atom. The molecule has 0 aliphatic carbocycles. The van der Waals surface area contributed by atoms with Gasteiger partial charge in [0.25, 0.3) is 0 Å². The topological polar surface area (TPSA) is 9.23 Å². The highest BCUT2D eigenvalue weighted by molar-refractivity contribution is 5.66. The lowest BCUT2D eigenvalue weighted by atomic mass is 10.0. The molecule has 0 heterocycles. The molecule has 0 amide bonds. The van der Waals surface area contributed by atoms with E-state index in [-0.39, 0.29) is 0 Å². The van der Waals surface area contributed by atoms with Crippen LogP contribution in [0.4, 0.5) is 30.7 Å². The van der Waals surface area contributed by atoms with E-state index < -0.39 is 52.1 Å². The molecular formula is C14H7F7O. The summed E-state index contributed by atoms with van der Waals surface area (Å²) in [6, 6.07) is 1.62. The highest BCUT2D eigenvalue weighted by Gasteiger charge is 2.25. The van der Waals surface area contributed by atoms with E-state index >= 15 is 0 Å². The van der Waals surface area contributed by atoms with Gasteiger partial charge < -0.3 is 4.74 Å². The number of hydrogen-bond donors (Lipinski definition) is 0. The van der Waals surface area contributed by atoms with Crippen molar-refractivity contribution in [3.05, 3.63) is 53.4 Å². The molecule has 0 unspecified atom stereocenters. The first-order valence-electron chi connectivity index (χ1n) is 5.79. The lowest BCUT2D eigenvalue weighted by molar-refractivity contribution is -0.159. The van der Waals surface area contributed by atoms with E-state index in [0.29, 0.717) is 31.2 Å². The van der Waals surface area contributed by atoms with E-state index in [4.69, 9.17) is 0 Å². The van der Waals surface area contributed by atoms with Gasteiger partial charge in [-0.3, -0.25) is 0 Å². The number of hydrogen-bond acceptors (Lipinski definition) is 1. The highest BCUT2D eigenvalue weighted by atomic mass is 19.3. The van der Waals surface area contributed by atoms with Crippen molar-refractivity contribution in [2.45, 2.75) is 13.0 Å². The Bertz CT molecular complexity index is 676. The van der Waals surface area contributed by atoms with Gasteiger partial charge in [-0.25, -0.2) is 22.0 Å². The largest absolute Gasteiger partial charge is 0.433 e. The van der Waals surface area contributed by atoms with Crippen LogP contribution in [0.3, 0.4) is 0 Å². The number of alkyl halides is 2. The minimum Gasteiger partial charge on any atom is -0.433 e. The van der Waals surface area contributed by atoms with Gasteiger partial charge in [0.2, 0.25) is 0 Å². The van der Waals surface area contributed by atoms with Crippen LogP contribution in [-0.4, -0.2) is 6.11 Å². The van der Waals surface area contributed by atoms with Crippen LogP contribution < -0.4 is 4.74 Å². The maximum Gasteiger partial charge on any atom is 0.394 e. The van der Waals surface area contributed by atoms with Crippen molar-refractivity contribution in [1.29, 1.82) is 0 Å². The summed E-state index contributed by atoms with van der Waals surface area (Å²) in [5.74, 6) is -8.69. The molecule has 0 bridgehead atoms. The number of rotatable bonds is 3. The van der Waals surface area contributed by atoms with Gasteiger partial charge in [0, 0.05) is 19.1 Å². The van der Waals surface area contributed by atoms with Crippen molar-refractivity contribution >= 4 is 0 Å². The Labute approximate surface area is 119 Å². The average Bonchev–Trinajstić information content (AvgIpc) is 2.32. The minimum atomic E-state index is -3.67. The monoisotopic (exact) mass is 324 g/mol. The molecule has 8 heteroatoms. The standard InChI is InChI=1S/C14H7F7O/c1-14(20,21)22-7-4-8(15)12(9(16)5-7)6-2-10(17)13(19)11(18)3-6/h2-5H,1H3. The molecule has 22 heavy (non-hydrogen) atoms. The van der Waals surface area contributed by atoms with Crippen LogP contribution in [0.5, 0.6) is 5.75 Å². The molecule has 0 aromatic heterocycles. The summed E-state index contributed by atoms with van der Waals surface area (Å²) in [5, 5.41) is 0. The number of halogens is 7. The second-order valence-corrected chi connectivity index (χ2v) is 4.43. The first kappa shape index (κ1) is 16.1. The second-order valence-electron chi connectivity index (χ2n) is 4.43. The van der Waals surface area contributed by atoms with Crippen molar-refractivity contribution in [3.8, 4) is 16.9 Å². The zero-order valence-corrected chi connectivity index (χ0v) is 10.9. The van der Waals surface area contributed by atoms with Crippen molar-refractivity contribution in [2.75, 3.05) is 0 Å². The van der Waals surface area contributed by atoms with E-state index in [1.165, 1.54) is 0 Å². The summed E-state index contributed by atoms with van der Waals surface area (Å²) in [5.41, 5.74) is -1.52. The molecule has 1 nitrogen and oxygen atoms in total. The summed E-state index contributed by atoms with van der Waals surface area (Å²) < 4.78 is 96.0. The molecule has 0 saturated heterocycles. The van der Waals surface area contributed by atoms with Crippen molar-refractivity contribution in [3.63, 3.8) is 0 Å². The fraction of sp³-hybridized carbons (Fsp3) is 0.143. The van der Waals surface area contributed by atoms with Crippen LogP contribution in [0.25, 0.3) is 11.1 Å². The summed E-state index contributed by atoms with van der Waals surface area (Å²) >= 11 is 0. The van der Waals surface area contributed by atoms with Crippen LogP contribution in [0.1, 0.15) is 6.92 Å². The lowest BCUT2D eigenvalue weighted by Crippen LogP contribution is -2.19. The SMILES string of the molecule is CC(F)(F)Oc1cc(F)c(-c2cc(F)c(F)c(F)c2)c(F)c1. The molecule has 0 spiro atoms. The average molecular weight is 324 g/mol. The van der Waals surface area contributed by atoms with Crippen molar-refractivity contribution in [2.24, 2.45) is 0 Å². The Hall–Kier alpha value is -2.25. The lowest BCUT2D eigenvalue weighted by Gasteiger charge is -2.14. The van der Waals surface area contributed by atoms with Gasteiger partial charge in [0.05, 0.1) is 5.56 Å². The fourth-order valence-electron chi connectivity index (χ4n) is 1.79. The Morgan fingerprint density at radius 3 is 1.64 bits per heavy atom. The molecular weight excluding hydrogens is 317 g/mol. The van der Waals surface area contributed by atoms with Crippen LogP contribution in [-0.2, 0) is 0 Å². The third-order valence-corrected chi connectivity index (χ3v) is 2.59. The second kappa shape index (κ2) is 5.51. The molecule has 118 valence electrons. The summed E-state index contributed by atoms with van der Waals surface area (Å²) in [6.45, 7) is 0.363. The predicted molar refractivity (Wildman–Crippen MR) is 62.9 cm³/mol. The third kappa shape index (κ3) is 3.32. The van der Waals surface area contributed by atoms with Gasteiger partial charge in [0.1, 0.15) is 17.4 Å². The molecule has 0 aliphatic heterocycles. The smallest absolute Gasteiger partial charge is 0.394 e. The molecule has 0 aliphatic rings. The van der Waals surface area contributed by atoms with Crippen molar-refractivity contribution in [1.82, 2.24) is 0 Å². The summed E-state index contributed by atoms with van der Waals surface area (Å²) in [4.78, 5) is 0. The van der Waals surface area contributed by atoms with Crippen LogP contribution in [0.2, 0.25) is 0 Å². The summed E-state index contributed by atoms with van der Waals surface area (Å²) in [6.07, 6.45) is -3.67. The van der Waals surface area contributed by atoms with Crippen molar-refractivity contribution < 1.29 is 35.5 Å². The van der Waals surface area contributed by atoms with E-state index in [1.807, 2.05) is 0 Å². The van der Waals surface area contributed by atoms with E-state index in [0.717, 1.165) is 0 Å². The fourth-order valence-corrected chi connectivity index (χ4v) is 1.79. The normalized spacial score (nSPS) is 11.6. The maximum absolute atomic E-state index is 13.8. The third-order valence-electron chi connectivity index (χ3n) is 2.59. The molecule has 2 aromatic carbocycles. The Morgan fingerprint density at radius 1 is 0.773 bits per heavy atom. The van der Waals surface area contributed by atoms with E-state index in [1.54, 1.807) is 0 Å². The number of benzene rings is 2. The predicted octanol–water partition coefficient (Wildman–Crippen LogP) is 5.04. The number of ether oxygens (including phenoxy) is 1. The van der Waals surface area contributed by atoms with Crippen LogP contribution in [0.15, 0.2) is 24.3 Å². The first-order chi connectivity index (χ1) is 10.1. The first-order valence-corrected chi connectivity index (χ1v) is 5.79. The molecule has 2 aromatic rings. The molecule has 2 rings (SSSR count). The van der Waals surface area contributed by atoms with Gasteiger partial charge in [-0.1, -0.05) is 0 Å². The minimum absolute atomic E-state index is 0.363. The maximum atomic E-state index is 13.8.